The highest BCUT2D eigenvalue weighted by atomic mass is 32.2. The van der Waals surface area contributed by atoms with Gasteiger partial charge in [0, 0.05) is 20.0 Å². The molecule has 0 atom stereocenters. The summed E-state index contributed by atoms with van der Waals surface area (Å²) < 4.78 is 3.23. The summed E-state index contributed by atoms with van der Waals surface area (Å²) in [6.07, 6.45) is 2.48. The fraction of sp³-hybridized carbons (Fsp3) is 0.200. The molecular formula is C25H24N4O3S2. The molecule has 1 N–H and O–H groups in total. The van der Waals surface area contributed by atoms with Gasteiger partial charge in [0.2, 0.25) is 5.91 Å². The molecule has 34 heavy (non-hydrogen) atoms. The van der Waals surface area contributed by atoms with Crippen LogP contribution in [0.5, 0.6) is 0 Å². The van der Waals surface area contributed by atoms with E-state index in [1.165, 1.54) is 9.58 Å². The Kier molecular flexibility index (Phi) is 7.14. The van der Waals surface area contributed by atoms with Crippen LogP contribution < -0.4 is 10.9 Å². The SMILES string of the molecule is Cc1c(NC(=O)CCCN2C(=O)S/C(=C/c3ccccc3)C2=S)c(=O)n(-c2ccccc2)n1C. The van der Waals surface area contributed by atoms with E-state index in [0.717, 1.165) is 27.9 Å². The molecular weight excluding hydrogens is 468 g/mol. The van der Waals surface area contributed by atoms with Crippen LogP contribution in [-0.4, -0.2) is 36.9 Å². The van der Waals surface area contributed by atoms with Crippen LogP contribution in [-0.2, 0) is 11.8 Å². The number of amides is 2. The van der Waals surface area contributed by atoms with Gasteiger partial charge < -0.3 is 5.32 Å². The lowest BCUT2D eigenvalue weighted by Crippen LogP contribution is -2.29. The summed E-state index contributed by atoms with van der Waals surface area (Å²) in [7, 11) is 1.78. The number of nitrogens with one attached hydrogen (secondary N) is 1. The summed E-state index contributed by atoms with van der Waals surface area (Å²) in [5.74, 6) is -0.281. The van der Waals surface area contributed by atoms with E-state index in [1.807, 2.05) is 66.7 Å². The Bertz CT molecular complexity index is 1330. The van der Waals surface area contributed by atoms with E-state index in [2.05, 4.69) is 5.32 Å². The number of carbonyl (C=O) groups is 2. The number of aromatic nitrogens is 2. The number of para-hydroxylation sites is 1. The number of anilines is 1. The Morgan fingerprint density at radius 1 is 1.06 bits per heavy atom. The summed E-state index contributed by atoms with van der Waals surface area (Å²) >= 11 is 6.59. The van der Waals surface area contributed by atoms with E-state index in [9.17, 15) is 14.4 Å². The molecule has 0 saturated carbocycles. The number of nitrogens with zero attached hydrogens (tertiary/aromatic N) is 3. The van der Waals surface area contributed by atoms with Crippen molar-refractivity contribution in [2.45, 2.75) is 19.8 Å². The number of thiocarbonyl (C=S) groups is 1. The van der Waals surface area contributed by atoms with Crippen LogP contribution in [0.2, 0.25) is 0 Å². The zero-order chi connectivity index (χ0) is 24.2. The van der Waals surface area contributed by atoms with Gasteiger partial charge in [0.05, 0.1) is 16.3 Å². The van der Waals surface area contributed by atoms with Gasteiger partial charge >= 0.3 is 0 Å². The second kappa shape index (κ2) is 10.2. The highest BCUT2D eigenvalue weighted by Crippen LogP contribution is 2.33. The van der Waals surface area contributed by atoms with E-state index in [1.54, 1.807) is 18.7 Å². The first-order valence-corrected chi connectivity index (χ1v) is 12.0. The lowest BCUT2D eigenvalue weighted by molar-refractivity contribution is -0.116. The topological polar surface area (TPSA) is 76.3 Å². The second-order valence-corrected chi connectivity index (χ2v) is 9.21. The Labute approximate surface area is 207 Å². The van der Waals surface area contributed by atoms with E-state index in [-0.39, 0.29) is 28.8 Å². The first-order chi connectivity index (χ1) is 16.4. The lowest BCUT2D eigenvalue weighted by Gasteiger charge is -2.14. The molecule has 9 heteroatoms. The van der Waals surface area contributed by atoms with Crippen LogP contribution in [0.1, 0.15) is 24.1 Å². The minimum Gasteiger partial charge on any atom is -0.320 e. The Balaban J connectivity index is 1.37. The molecule has 0 radical (unpaired) electrons. The third-order valence-corrected chi connectivity index (χ3v) is 7.07. The molecule has 7 nitrogen and oxygen atoms in total. The van der Waals surface area contributed by atoms with Gasteiger partial charge in [-0.05, 0) is 48.9 Å². The van der Waals surface area contributed by atoms with Gasteiger partial charge in [-0.15, -0.1) is 0 Å². The van der Waals surface area contributed by atoms with Gasteiger partial charge in [0.15, 0.2) is 0 Å². The van der Waals surface area contributed by atoms with Gasteiger partial charge in [-0.3, -0.25) is 24.0 Å². The maximum absolute atomic E-state index is 13.0. The Hall–Kier alpha value is -3.43. The Morgan fingerprint density at radius 3 is 2.38 bits per heavy atom. The quantitative estimate of drug-likeness (QED) is 0.381. The van der Waals surface area contributed by atoms with Crippen molar-refractivity contribution in [1.82, 2.24) is 14.3 Å². The van der Waals surface area contributed by atoms with Crippen LogP contribution in [0, 0.1) is 6.92 Å². The maximum atomic E-state index is 13.0. The summed E-state index contributed by atoms with van der Waals surface area (Å²) in [6, 6.07) is 18.9. The van der Waals surface area contributed by atoms with Crippen LogP contribution in [0.3, 0.4) is 0 Å². The molecule has 4 rings (SSSR count). The molecule has 1 aliphatic heterocycles. The molecule has 3 aromatic rings. The molecule has 1 aromatic heterocycles. The van der Waals surface area contributed by atoms with Crippen molar-refractivity contribution in [3.8, 4) is 5.69 Å². The van der Waals surface area contributed by atoms with Gasteiger partial charge in [-0.1, -0.05) is 60.7 Å². The van der Waals surface area contributed by atoms with Crippen molar-refractivity contribution in [1.29, 1.82) is 0 Å². The van der Waals surface area contributed by atoms with Crippen LogP contribution >= 0.6 is 24.0 Å². The van der Waals surface area contributed by atoms with E-state index >= 15 is 0 Å². The zero-order valence-electron chi connectivity index (χ0n) is 18.9. The molecule has 1 fully saturated rings. The molecule has 2 heterocycles. The van der Waals surface area contributed by atoms with Crippen LogP contribution in [0.25, 0.3) is 11.8 Å². The van der Waals surface area contributed by atoms with E-state index in [0.29, 0.717) is 23.6 Å². The van der Waals surface area contributed by atoms with Crippen molar-refractivity contribution in [3.63, 3.8) is 0 Å². The summed E-state index contributed by atoms with van der Waals surface area (Å²) in [5.41, 5.74) is 2.32. The Morgan fingerprint density at radius 2 is 1.71 bits per heavy atom. The average Bonchev–Trinajstić information content (AvgIpc) is 3.21. The van der Waals surface area contributed by atoms with Gasteiger partial charge in [0.25, 0.3) is 10.8 Å². The molecule has 0 spiro atoms. The number of benzene rings is 2. The standard InChI is InChI=1S/C25H24N4O3S2/c1-17-22(23(31)29(27(17)2)19-12-7-4-8-13-19)26-21(30)14-9-15-28-24(33)20(34-25(28)32)16-18-10-5-3-6-11-18/h3-8,10-13,16H,9,14-15H2,1-2H3,(H,26,30)/b20-16+. The fourth-order valence-electron chi connectivity index (χ4n) is 3.71. The van der Waals surface area contributed by atoms with Gasteiger partial charge in [0.1, 0.15) is 10.7 Å². The maximum Gasteiger partial charge on any atom is 0.295 e. The number of hydrogen-bond acceptors (Lipinski definition) is 5. The highest BCUT2D eigenvalue weighted by molar-refractivity contribution is 8.19. The average molecular weight is 493 g/mol. The third kappa shape index (κ3) is 4.90. The highest BCUT2D eigenvalue weighted by Gasteiger charge is 2.31. The molecule has 174 valence electrons. The molecule has 0 aliphatic carbocycles. The number of carbonyl (C=O) groups excluding carboxylic acids is 2. The first kappa shape index (κ1) is 23.7. The summed E-state index contributed by atoms with van der Waals surface area (Å²) in [6.45, 7) is 2.13. The van der Waals surface area contributed by atoms with Crippen molar-refractivity contribution in [2.75, 3.05) is 11.9 Å². The predicted molar refractivity (Wildman–Crippen MR) is 140 cm³/mol. The minimum atomic E-state index is -0.289. The van der Waals surface area contributed by atoms with Crippen molar-refractivity contribution in [2.24, 2.45) is 7.05 Å². The summed E-state index contributed by atoms with van der Waals surface area (Å²) in [5, 5.41) is 2.61. The third-order valence-electron chi connectivity index (χ3n) is 5.58. The van der Waals surface area contributed by atoms with Crippen molar-refractivity contribution >= 4 is 51.9 Å². The molecule has 0 unspecified atom stereocenters. The smallest absolute Gasteiger partial charge is 0.295 e. The summed E-state index contributed by atoms with van der Waals surface area (Å²) in [4.78, 5) is 40.7. The molecule has 1 saturated heterocycles. The van der Waals surface area contributed by atoms with E-state index < -0.39 is 0 Å². The van der Waals surface area contributed by atoms with E-state index in [4.69, 9.17) is 12.2 Å². The fourth-order valence-corrected chi connectivity index (χ4v) is 4.99. The predicted octanol–water partition coefficient (Wildman–Crippen LogP) is 4.74. The lowest BCUT2D eigenvalue weighted by atomic mass is 10.2. The second-order valence-electron chi connectivity index (χ2n) is 7.83. The largest absolute Gasteiger partial charge is 0.320 e. The zero-order valence-corrected chi connectivity index (χ0v) is 20.5. The first-order valence-electron chi connectivity index (χ1n) is 10.8. The monoisotopic (exact) mass is 492 g/mol. The van der Waals surface area contributed by atoms with Gasteiger partial charge in [-0.2, -0.15) is 0 Å². The molecule has 2 aromatic carbocycles. The van der Waals surface area contributed by atoms with Crippen molar-refractivity contribution in [3.05, 3.63) is 87.2 Å². The van der Waals surface area contributed by atoms with Gasteiger partial charge in [-0.25, -0.2) is 4.68 Å². The number of thioether (sulfide) groups is 1. The van der Waals surface area contributed by atoms with Crippen molar-refractivity contribution < 1.29 is 9.59 Å². The molecule has 1 aliphatic rings. The minimum absolute atomic E-state index is 0.141. The number of hydrogen-bond donors (Lipinski definition) is 1. The normalized spacial score (nSPS) is 14.8. The molecule has 0 bridgehead atoms. The van der Waals surface area contributed by atoms with Crippen LogP contribution in [0.15, 0.2) is 70.4 Å². The van der Waals surface area contributed by atoms with Crippen LogP contribution in [0.4, 0.5) is 10.5 Å². The number of rotatable bonds is 7. The molecule has 2 amide bonds.